The highest BCUT2D eigenvalue weighted by molar-refractivity contribution is 6.02. The molecule has 1 N–H and O–H groups in total. The Morgan fingerprint density at radius 1 is 1.38 bits per heavy atom. The maximum Gasteiger partial charge on any atom is 0.323 e. The summed E-state index contributed by atoms with van der Waals surface area (Å²) >= 11 is 0. The molecular formula is C13H16N2O6. The van der Waals surface area contributed by atoms with Crippen molar-refractivity contribution in [2.24, 2.45) is 0 Å². The Labute approximate surface area is 121 Å². The van der Waals surface area contributed by atoms with Crippen LogP contribution in [-0.2, 0) is 4.79 Å². The Morgan fingerprint density at radius 3 is 2.52 bits per heavy atom. The third kappa shape index (κ3) is 3.91. The van der Waals surface area contributed by atoms with Crippen LogP contribution < -0.4 is 4.74 Å². The number of nitro groups is 1. The lowest BCUT2D eigenvalue weighted by molar-refractivity contribution is -0.385. The molecule has 8 nitrogen and oxygen atoms in total. The fraction of sp³-hybridized carbons (Fsp3) is 0.385. The van der Waals surface area contributed by atoms with Gasteiger partial charge in [0.2, 0.25) is 0 Å². The predicted molar refractivity (Wildman–Crippen MR) is 73.5 cm³/mol. The molecule has 1 aromatic rings. The minimum Gasteiger partial charge on any atom is -0.493 e. The molecule has 0 aromatic heterocycles. The number of nitro benzene ring substituents is 1. The molecule has 0 aliphatic rings. The summed E-state index contributed by atoms with van der Waals surface area (Å²) in [5, 5.41) is 19.9. The second kappa shape index (κ2) is 7.22. The fourth-order valence-corrected chi connectivity index (χ4v) is 1.81. The van der Waals surface area contributed by atoms with E-state index >= 15 is 0 Å². The van der Waals surface area contributed by atoms with Crippen LogP contribution in [0.4, 0.5) is 5.69 Å². The van der Waals surface area contributed by atoms with Gasteiger partial charge in [0.1, 0.15) is 12.3 Å². The summed E-state index contributed by atoms with van der Waals surface area (Å²) in [7, 11) is 0. The second-order valence-corrected chi connectivity index (χ2v) is 4.05. The number of carbonyl (C=O) groups excluding carboxylic acids is 1. The van der Waals surface area contributed by atoms with E-state index in [-0.39, 0.29) is 24.5 Å². The number of carboxylic acids is 1. The van der Waals surface area contributed by atoms with E-state index in [2.05, 4.69) is 0 Å². The molecule has 8 heteroatoms. The van der Waals surface area contributed by atoms with E-state index in [0.29, 0.717) is 0 Å². The minimum absolute atomic E-state index is 0.0699. The molecule has 1 rings (SSSR count). The van der Waals surface area contributed by atoms with Crippen LogP contribution in [-0.4, -0.2) is 46.5 Å². The summed E-state index contributed by atoms with van der Waals surface area (Å²) in [4.78, 5) is 34.6. The van der Waals surface area contributed by atoms with Gasteiger partial charge in [0.15, 0.2) is 5.56 Å². The number of nitrogens with zero attached hydrogens (tertiary/aromatic N) is 2. The lowest BCUT2D eigenvalue weighted by Crippen LogP contribution is -2.36. The van der Waals surface area contributed by atoms with Gasteiger partial charge in [-0.1, -0.05) is 6.07 Å². The number of ether oxygens (including phenoxy) is 1. The van der Waals surface area contributed by atoms with Crippen LogP contribution in [0.1, 0.15) is 24.2 Å². The third-order valence-electron chi connectivity index (χ3n) is 2.71. The van der Waals surface area contributed by atoms with Crippen molar-refractivity contribution in [1.29, 1.82) is 0 Å². The van der Waals surface area contributed by atoms with E-state index in [9.17, 15) is 19.7 Å². The molecule has 1 aromatic carbocycles. The van der Waals surface area contributed by atoms with Crippen molar-refractivity contribution in [3.8, 4) is 5.75 Å². The maximum atomic E-state index is 12.4. The first-order chi connectivity index (χ1) is 9.92. The van der Waals surface area contributed by atoms with E-state index in [1.807, 2.05) is 0 Å². The van der Waals surface area contributed by atoms with E-state index in [1.54, 1.807) is 13.8 Å². The van der Waals surface area contributed by atoms with Crippen LogP contribution in [0.2, 0.25) is 0 Å². The molecular weight excluding hydrogens is 280 g/mol. The van der Waals surface area contributed by atoms with Gasteiger partial charge in [0, 0.05) is 12.6 Å². The zero-order valence-corrected chi connectivity index (χ0v) is 11.7. The molecule has 0 atom stereocenters. The number of hydrogen-bond acceptors (Lipinski definition) is 5. The molecule has 0 aliphatic carbocycles. The molecule has 21 heavy (non-hydrogen) atoms. The van der Waals surface area contributed by atoms with E-state index < -0.39 is 29.0 Å². The molecule has 0 spiro atoms. The molecule has 0 heterocycles. The van der Waals surface area contributed by atoms with Crippen molar-refractivity contribution >= 4 is 17.6 Å². The van der Waals surface area contributed by atoms with E-state index in [0.717, 1.165) is 4.90 Å². The van der Waals surface area contributed by atoms with Crippen molar-refractivity contribution in [2.45, 2.75) is 13.8 Å². The van der Waals surface area contributed by atoms with Gasteiger partial charge in [-0.05, 0) is 19.9 Å². The van der Waals surface area contributed by atoms with Crippen LogP contribution in [0, 0.1) is 10.1 Å². The minimum atomic E-state index is -1.19. The van der Waals surface area contributed by atoms with E-state index in [4.69, 9.17) is 9.84 Å². The van der Waals surface area contributed by atoms with Crippen LogP contribution >= 0.6 is 0 Å². The van der Waals surface area contributed by atoms with Crippen LogP contribution in [0.25, 0.3) is 0 Å². The highest BCUT2D eigenvalue weighted by Crippen LogP contribution is 2.29. The number of benzene rings is 1. The van der Waals surface area contributed by atoms with Crippen molar-refractivity contribution < 1.29 is 24.4 Å². The lowest BCUT2D eigenvalue weighted by Gasteiger charge is -2.20. The van der Waals surface area contributed by atoms with Gasteiger partial charge in [0.25, 0.3) is 11.6 Å². The highest BCUT2D eigenvalue weighted by atomic mass is 16.6. The highest BCUT2D eigenvalue weighted by Gasteiger charge is 2.29. The van der Waals surface area contributed by atoms with Gasteiger partial charge >= 0.3 is 5.97 Å². The van der Waals surface area contributed by atoms with Gasteiger partial charge in [-0.3, -0.25) is 19.7 Å². The summed E-state index contributed by atoms with van der Waals surface area (Å²) in [6.45, 7) is 3.08. The SMILES string of the molecule is CCOc1cccc([N+](=O)[O-])c1C(=O)N(CC)CC(=O)O. The number of likely N-dealkylation sites (N-methyl/N-ethyl adjacent to an activating group) is 1. The molecule has 0 unspecified atom stereocenters. The first-order valence-electron chi connectivity index (χ1n) is 6.33. The van der Waals surface area contributed by atoms with Crippen LogP contribution in [0.15, 0.2) is 18.2 Å². The molecule has 0 fully saturated rings. The molecule has 1 amide bonds. The largest absolute Gasteiger partial charge is 0.493 e. The number of rotatable bonds is 7. The van der Waals surface area contributed by atoms with Gasteiger partial charge < -0.3 is 14.7 Å². The number of carboxylic acid groups (broad SMARTS) is 1. The fourth-order valence-electron chi connectivity index (χ4n) is 1.81. The van der Waals surface area contributed by atoms with Crippen molar-refractivity contribution in [1.82, 2.24) is 4.90 Å². The monoisotopic (exact) mass is 296 g/mol. The van der Waals surface area contributed by atoms with Gasteiger partial charge in [-0.25, -0.2) is 0 Å². The Hall–Kier alpha value is -2.64. The zero-order chi connectivity index (χ0) is 16.0. The van der Waals surface area contributed by atoms with E-state index in [1.165, 1.54) is 18.2 Å². The van der Waals surface area contributed by atoms with Crippen molar-refractivity contribution in [3.05, 3.63) is 33.9 Å². The van der Waals surface area contributed by atoms with Gasteiger partial charge in [0.05, 0.1) is 11.5 Å². The number of carbonyl (C=O) groups is 2. The smallest absolute Gasteiger partial charge is 0.323 e. The molecule has 0 aliphatic heterocycles. The number of aliphatic carboxylic acids is 1. The third-order valence-corrected chi connectivity index (χ3v) is 2.71. The Kier molecular flexibility index (Phi) is 5.65. The number of hydrogen-bond donors (Lipinski definition) is 1. The molecule has 0 bridgehead atoms. The molecule has 0 saturated carbocycles. The van der Waals surface area contributed by atoms with Crippen LogP contribution in [0.3, 0.4) is 0 Å². The Balaban J connectivity index is 3.33. The van der Waals surface area contributed by atoms with Crippen molar-refractivity contribution in [2.75, 3.05) is 19.7 Å². The Morgan fingerprint density at radius 2 is 2.05 bits per heavy atom. The lowest BCUT2D eigenvalue weighted by atomic mass is 10.1. The summed E-state index contributed by atoms with van der Waals surface area (Å²) < 4.78 is 5.25. The second-order valence-electron chi connectivity index (χ2n) is 4.05. The topological polar surface area (TPSA) is 110 Å². The predicted octanol–water partition coefficient (Wildman–Crippen LogP) is 1.54. The first-order valence-corrected chi connectivity index (χ1v) is 6.33. The summed E-state index contributed by atoms with van der Waals surface area (Å²) in [6.07, 6.45) is 0. The van der Waals surface area contributed by atoms with Crippen LogP contribution in [0.5, 0.6) is 5.75 Å². The number of amides is 1. The first kappa shape index (κ1) is 16.4. The normalized spacial score (nSPS) is 10.0. The van der Waals surface area contributed by atoms with Crippen molar-refractivity contribution in [3.63, 3.8) is 0 Å². The standard InChI is InChI=1S/C13H16N2O6/c1-3-14(8-11(16)17)13(18)12-9(15(19)20)6-5-7-10(12)21-4-2/h5-7H,3-4,8H2,1-2H3,(H,16,17). The van der Waals surface area contributed by atoms with Gasteiger partial charge in [-0.2, -0.15) is 0 Å². The van der Waals surface area contributed by atoms with Gasteiger partial charge in [-0.15, -0.1) is 0 Å². The zero-order valence-electron chi connectivity index (χ0n) is 11.7. The quantitative estimate of drug-likeness (QED) is 0.603. The molecule has 0 radical (unpaired) electrons. The average molecular weight is 296 g/mol. The summed E-state index contributed by atoms with van der Waals surface area (Å²) in [5.41, 5.74) is -0.637. The maximum absolute atomic E-state index is 12.4. The Bertz CT molecular complexity index is 558. The molecule has 114 valence electrons. The summed E-state index contributed by atoms with van der Waals surface area (Å²) in [6, 6.07) is 4.04. The average Bonchev–Trinajstić information content (AvgIpc) is 2.43. The summed E-state index contributed by atoms with van der Waals surface area (Å²) in [5.74, 6) is -1.86. The molecule has 0 saturated heterocycles.